The molecule has 1 aromatic heterocycles. The number of aromatic nitrogens is 2. The first-order valence-electron chi connectivity index (χ1n) is 7.33. The molecule has 0 unspecified atom stereocenters. The van der Waals surface area contributed by atoms with E-state index in [0.717, 1.165) is 24.3 Å². The Morgan fingerprint density at radius 1 is 1.30 bits per heavy atom. The van der Waals surface area contributed by atoms with E-state index in [9.17, 15) is 4.79 Å². The van der Waals surface area contributed by atoms with E-state index in [0.29, 0.717) is 11.3 Å². The van der Waals surface area contributed by atoms with Crippen molar-refractivity contribution in [2.75, 3.05) is 6.54 Å². The van der Waals surface area contributed by atoms with Crippen LogP contribution in [0.15, 0.2) is 29.1 Å². The zero-order chi connectivity index (χ0) is 14.7. The van der Waals surface area contributed by atoms with Crippen LogP contribution in [0.3, 0.4) is 0 Å². The summed E-state index contributed by atoms with van der Waals surface area (Å²) in [6.07, 6.45) is 0.964. The lowest BCUT2D eigenvalue weighted by atomic mass is 10.1. The van der Waals surface area contributed by atoms with Crippen LogP contribution in [0.4, 0.5) is 0 Å². The average molecular weight is 274 g/mol. The summed E-state index contributed by atoms with van der Waals surface area (Å²) in [5.41, 5.74) is 0.837. The van der Waals surface area contributed by atoms with Gasteiger partial charge in [0.25, 0.3) is 5.56 Å². The Kier molecular flexibility index (Phi) is 4.55. The van der Waals surface area contributed by atoms with E-state index in [1.54, 1.807) is 4.57 Å². The maximum atomic E-state index is 12.4. The topological polar surface area (TPSA) is 51.5 Å². The average Bonchev–Trinajstić information content (AvgIpc) is 2.44. The summed E-state index contributed by atoms with van der Waals surface area (Å²) in [4.78, 5) is 17.1. The zero-order valence-corrected chi connectivity index (χ0v) is 12.8. The molecule has 0 saturated carbocycles. The van der Waals surface area contributed by atoms with Crippen LogP contribution < -0.4 is 10.9 Å². The van der Waals surface area contributed by atoms with Crippen molar-refractivity contribution in [2.45, 2.75) is 33.2 Å². The number of nitrogens with zero attached hydrogens (tertiary/aromatic N) is 2. The van der Waals surface area contributed by atoms with Crippen LogP contribution in [-0.2, 0) is 7.05 Å². The minimum Gasteiger partial charge on any atom is -0.337 e. The fourth-order valence-electron chi connectivity index (χ4n) is 2.46. The van der Waals surface area contributed by atoms with Crippen molar-refractivity contribution in [2.24, 2.45) is 13.0 Å². The smallest absolute Gasteiger partial charge is 0.261 e. The lowest BCUT2D eigenvalue weighted by Crippen LogP contribution is -2.86. The van der Waals surface area contributed by atoms with E-state index in [1.165, 1.54) is 0 Å². The summed E-state index contributed by atoms with van der Waals surface area (Å²) >= 11 is 0. The molecule has 1 aromatic carbocycles. The van der Waals surface area contributed by atoms with E-state index in [2.05, 4.69) is 26.1 Å². The van der Waals surface area contributed by atoms with Crippen molar-refractivity contribution in [3.8, 4) is 0 Å². The van der Waals surface area contributed by atoms with E-state index >= 15 is 0 Å². The highest BCUT2D eigenvalue weighted by Gasteiger charge is 2.19. The lowest BCUT2D eigenvalue weighted by Gasteiger charge is -2.17. The molecule has 0 amide bonds. The number of hydrogen-bond donors (Lipinski definition) is 1. The lowest BCUT2D eigenvalue weighted by molar-refractivity contribution is -0.702. The number of fused-ring (bicyclic) bond motifs is 1. The number of rotatable bonds is 5. The summed E-state index contributed by atoms with van der Waals surface area (Å²) in [6, 6.07) is 7.80. The summed E-state index contributed by atoms with van der Waals surface area (Å²) in [7, 11) is 1.82. The van der Waals surface area contributed by atoms with Crippen LogP contribution >= 0.6 is 0 Å². The van der Waals surface area contributed by atoms with Crippen LogP contribution in [0.25, 0.3) is 10.9 Å². The molecule has 0 spiro atoms. The molecule has 0 fully saturated rings. The molecule has 0 radical (unpaired) electrons. The van der Waals surface area contributed by atoms with Gasteiger partial charge in [-0.05, 0) is 12.1 Å². The predicted octanol–water partition coefficient (Wildman–Crippen LogP) is 1.60. The standard InChI is InChI=1S/C16H23N3O/c1-5-13(17-10-11(2)3)15-18-14-9-7-6-8-12(14)16(20)19(15)4/h6-9,11,13,17H,5,10H2,1-4H3/p+1/t13-/m1/s1. The highest BCUT2D eigenvalue weighted by Crippen LogP contribution is 2.12. The third-order valence-corrected chi connectivity index (χ3v) is 3.68. The third kappa shape index (κ3) is 2.90. The van der Waals surface area contributed by atoms with Gasteiger partial charge in [-0.3, -0.25) is 9.36 Å². The van der Waals surface area contributed by atoms with Gasteiger partial charge < -0.3 is 5.32 Å². The second kappa shape index (κ2) is 6.18. The van der Waals surface area contributed by atoms with Gasteiger partial charge in [0.15, 0.2) is 5.82 Å². The molecular weight excluding hydrogens is 250 g/mol. The van der Waals surface area contributed by atoms with Crippen molar-refractivity contribution in [3.05, 3.63) is 40.4 Å². The van der Waals surface area contributed by atoms with E-state index < -0.39 is 0 Å². The second-order valence-corrected chi connectivity index (χ2v) is 5.73. The van der Waals surface area contributed by atoms with Crippen LogP contribution in [0.5, 0.6) is 0 Å². The van der Waals surface area contributed by atoms with Crippen molar-refractivity contribution in [1.82, 2.24) is 9.55 Å². The Bertz CT molecular complexity index is 646. The molecule has 20 heavy (non-hydrogen) atoms. The number of para-hydroxylation sites is 1. The number of benzene rings is 1. The first kappa shape index (κ1) is 14.7. The van der Waals surface area contributed by atoms with Gasteiger partial charge in [0, 0.05) is 19.4 Å². The quantitative estimate of drug-likeness (QED) is 0.900. The molecule has 2 N–H and O–H groups in total. The molecule has 2 aromatic rings. The first-order valence-corrected chi connectivity index (χ1v) is 7.33. The monoisotopic (exact) mass is 274 g/mol. The SMILES string of the molecule is CC[C@@H]([NH2+]CC(C)C)c1nc2ccccc2c(=O)n1C. The number of hydrogen-bond acceptors (Lipinski definition) is 2. The van der Waals surface area contributed by atoms with Gasteiger partial charge in [0.05, 0.1) is 17.4 Å². The Hall–Kier alpha value is -1.68. The maximum Gasteiger partial charge on any atom is 0.261 e. The van der Waals surface area contributed by atoms with Crippen molar-refractivity contribution in [3.63, 3.8) is 0 Å². The summed E-state index contributed by atoms with van der Waals surface area (Å²) in [6.45, 7) is 7.59. The highest BCUT2D eigenvalue weighted by molar-refractivity contribution is 5.77. The Labute approximate surface area is 119 Å². The zero-order valence-electron chi connectivity index (χ0n) is 12.8. The largest absolute Gasteiger partial charge is 0.337 e. The first-order chi connectivity index (χ1) is 9.54. The van der Waals surface area contributed by atoms with E-state index in [4.69, 9.17) is 4.98 Å². The van der Waals surface area contributed by atoms with Crippen LogP contribution in [-0.4, -0.2) is 16.1 Å². The van der Waals surface area contributed by atoms with Crippen molar-refractivity contribution < 1.29 is 5.32 Å². The number of quaternary nitrogens is 1. The Balaban J connectivity index is 2.47. The molecule has 1 heterocycles. The predicted molar refractivity (Wildman–Crippen MR) is 81.6 cm³/mol. The summed E-state index contributed by atoms with van der Waals surface area (Å²) < 4.78 is 1.70. The molecule has 108 valence electrons. The van der Waals surface area contributed by atoms with Crippen molar-refractivity contribution >= 4 is 10.9 Å². The fraction of sp³-hybridized carbons (Fsp3) is 0.500. The number of nitrogens with two attached hydrogens (primary N) is 1. The minimum absolute atomic E-state index is 0.0435. The summed E-state index contributed by atoms with van der Waals surface area (Å²) in [5.74, 6) is 1.50. The van der Waals surface area contributed by atoms with Gasteiger partial charge in [-0.2, -0.15) is 0 Å². The summed E-state index contributed by atoms with van der Waals surface area (Å²) in [5, 5.41) is 2.98. The van der Waals surface area contributed by atoms with E-state index in [-0.39, 0.29) is 11.6 Å². The van der Waals surface area contributed by atoms with Gasteiger partial charge in [-0.25, -0.2) is 4.98 Å². The molecule has 1 atom stereocenters. The van der Waals surface area contributed by atoms with Gasteiger partial charge in [-0.15, -0.1) is 0 Å². The second-order valence-electron chi connectivity index (χ2n) is 5.73. The van der Waals surface area contributed by atoms with Gasteiger partial charge in [0.2, 0.25) is 0 Å². The third-order valence-electron chi connectivity index (χ3n) is 3.68. The maximum absolute atomic E-state index is 12.4. The van der Waals surface area contributed by atoms with Crippen molar-refractivity contribution in [1.29, 1.82) is 0 Å². The van der Waals surface area contributed by atoms with Crippen LogP contribution in [0, 0.1) is 5.92 Å². The molecule has 4 nitrogen and oxygen atoms in total. The normalized spacial score (nSPS) is 13.1. The Morgan fingerprint density at radius 3 is 2.65 bits per heavy atom. The molecule has 0 aliphatic carbocycles. The molecule has 0 aliphatic heterocycles. The van der Waals surface area contributed by atoms with E-state index in [1.807, 2.05) is 31.3 Å². The molecular formula is C16H24N3O+. The molecule has 0 bridgehead atoms. The highest BCUT2D eigenvalue weighted by atomic mass is 16.1. The Morgan fingerprint density at radius 2 is 2.00 bits per heavy atom. The molecule has 0 saturated heterocycles. The van der Waals surface area contributed by atoms with Crippen LogP contribution in [0.2, 0.25) is 0 Å². The fourth-order valence-corrected chi connectivity index (χ4v) is 2.46. The molecule has 4 heteroatoms. The van der Waals surface area contributed by atoms with Gasteiger partial charge >= 0.3 is 0 Å². The molecule has 0 aliphatic rings. The van der Waals surface area contributed by atoms with Crippen LogP contribution in [0.1, 0.15) is 39.1 Å². The van der Waals surface area contributed by atoms with Gasteiger partial charge in [-0.1, -0.05) is 32.9 Å². The minimum atomic E-state index is 0.0435. The molecule has 2 rings (SSSR count). The van der Waals surface area contributed by atoms with Gasteiger partial charge in [0.1, 0.15) is 6.04 Å².